The third kappa shape index (κ3) is 2.92. The highest BCUT2D eigenvalue weighted by molar-refractivity contribution is 6.62. The molecule has 0 aliphatic carbocycles. The predicted molar refractivity (Wildman–Crippen MR) is 73.0 cm³/mol. The molecule has 0 unspecified atom stereocenters. The van der Waals surface area contributed by atoms with E-state index >= 15 is 0 Å². The molecule has 2 radical (unpaired) electrons. The van der Waals surface area contributed by atoms with Crippen LogP contribution in [0.25, 0.3) is 0 Å². The van der Waals surface area contributed by atoms with Crippen LogP contribution >= 0.6 is 0 Å². The van der Waals surface area contributed by atoms with Crippen molar-refractivity contribution in [1.29, 1.82) is 0 Å². The summed E-state index contributed by atoms with van der Waals surface area (Å²) in [5.74, 6) is 1.76. The molecule has 2 rings (SSSR count). The van der Waals surface area contributed by atoms with E-state index in [1.807, 2.05) is 24.3 Å². The zero-order valence-electron chi connectivity index (χ0n) is 10.2. The number of rotatable bonds is 5. The monoisotopic (exact) mass is 240 g/mol. The number of ether oxygens (including phenoxy) is 1. The molecule has 0 saturated carbocycles. The van der Waals surface area contributed by atoms with Crippen LogP contribution in [-0.2, 0) is 9.31 Å². The van der Waals surface area contributed by atoms with Crippen molar-refractivity contribution in [1.82, 2.24) is 0 Å². The minimum absolute atomic E-state index is 0.455. The zero-order chi connectivity index (χ0) is 13.0. The van der Waals surface area contributed by atoms with Gasteiger partial charge in [0.25, 0.3) is 0 Å². The molecule has 90 valence electrons. The first kappa shape index (κ1) is 12.7. The molecule has 1 fully saturated rings. The van der Waals surface area contributed by atoms with Crippen molar-refractivity contribution < 1.29 is 14.0 Å². The minimum Gasteiger partial charge on any atom is -0.520 e. The minimum atomic E-state index is -0.455. The first-order valence-electron chi connectivity index (χ1n) is 5.85. The van der Waals surface area contributed by atoms with Gasteiger partial charge >= 0.3 is 7.12 Å². The number of hydrogen-bond donors (Lipinski definition) is 0. The summed E-state index contributed by atoms with van der Waals surface area (Å²) in [6.45, 7) is 8.02. The van der Waals surface area contributed by atoms with E-state index in [1.165, 1.54) is 0 Å². The summed E-state index contributed by atoms with van der Waals surface area (Å²) in [5, 5.41) is 0. The SMILES string of the molecule is [B]CCCOc1ccc(B2OC(=C)C(=C)O2)cc1. The van der Waals surface area contributed by atoms with Crippen molar-refractivity contribution in [2.24, 2.45) is 0 Å². The Balaban J connectivity index is 1.95. The highest BCUT2D eigenvalue weighted by Gasteiger charge is 2.34. The van der Waals surface area contributed by atoms with Crippen molar-refractivity contribution in [3.8, 4) is 5.75 Å². The highest BCUT2D eigenvalue weighted by atomic mass is 16.6. The van der Waals surface area contributed by atoms with E-state index in [0.717, 1.165) is 17.6 Å². The lowest BCUT2D eigenvalue weighted by Gasteiger charge is -2.07. The van der Waals surface area contributed by atoms with Gasteiger partial charge in [0.15, 0.2) is 0 Å². The average molecular weight is 240 g/mol. The summed E-state index contributed by atoms with van der Waals surface area (Å²) in [6.07, 6.45) is 1.47. The van der Waals surface area contributed by atoms with Gasteiger partial charge in [-0.2, -0.15) is 0 Å². The fraction of sp³-hybridized carbons (Fsp3) is 0.231. The second kappa shape index (κ2) is 5.71. The second-order valence-electron chi connectivity index (χ2n) is 3.97. The maximum absolute atomic E-state index is 5.51. The zero-order valence-corrected chi connectivity index (χ0v) is 10.2. The van der Waals surface area contributed by atoms with E-state index in [9.17, 15) is 0 Å². The molecule has 0 amide bonds. The Morgan fingerprint density at radius 1 is 1.11 bits per heavy atom. The normalized spacial score (nSPS) is 14.3. The molecule has 0 aromatic heterocycles. The van der Waals surface area contributed by atoms with Crippen molar-refractivity contribution in [2.75, 3.05) is 6.61 Å². The van der Waals surface area contributed by atoms with Crippen LogP contribution in [0, 0.1) is 0 Å². The van der Waals surface area contributed by atoms with Crippen LogP contribution in [0.15, 0.2) is 48.9 Å². The summed E-state index contributed by atoms with van der Waals surface area (Å²) in [4.78, 5) is 0. The van der Waals surface area contributed by atoms with Crippen molar-refractivity contribution in [3.05, 3.63) is 48.9 Å². The summed E-state index contributed by atoms with van der Waals surface area (Å²) in [7, 11) is 4.94. The fourth-order valence-electron chi connectivity index (χ4n) is 1.54. The van der Waals surface area contributed by atoms with E-state index in [1.54, 1.807) is 0 Å². The molecule has 1 aliphatic rings. The maximum atomic E-state index is 5.51. The van der Waals surface area contributed by atoms with E-state index in [0.29, 0.717) is 24.4 Å². The van der Waals surface area contributed by atoms with Crippen LogP contribution < -0.4 is 10.2 Å². The lowest BCUT2D eigenvalue weighted by atomic mass is 9.79. The average Bonchev–Trinajstić information content (AvgIpc) is 2.71. The van der Waals surface area contributed by atoms with Crippen LogP contribution in [0.1, 0.15) is 6.42 Å². The lowest BCUT2D eigenvalue weighted by Crippen LogP contribution is -2.30. The first-order chi connectivity index (χ1) is 8.70. The van der Waals surface area contributed by atoms with E-state index in [-0.39, 0.29) is 0 Å². The van der Waals surface area contributed by atoms with Gasteiger partial charge < -0.3 is 14.0 Å². The summed E-state index contributed by atoms with van der Waals surface area (Å²) in [6, 6.07) is 7.55. The molecule has 1 aromatic carbocycles. The van der Waals surface area contributed by atoms with Crippen molar-refractivity contribution in [3.63, 3.8) is 0 Å². The van der Waals surface area contributed by atoms with E-state index in [4.69, 9.17) is 21.9 Å². The Bertz CT molecular complexity index is 426. The topological polar surface area (TPSA) is 27.7 Å². The summed E-state index contributed by atoms with van der Waals surface area (Å²) in [5.41, 5.74) is 0.904. The van der Waals surface area contributed by atoms with Crippen LogP contribution in [0.3, 0.4) is 0 Å². The molecule has 3 nitrogen and oxygen atoms in total. The Morgan fingerprint density at radius 3 is 2.28 bits per heavy atom. The van der Waals surface area contributed by atoms with Crippen molar-refractivity contribution in [2.45, 2.75) is 12.7 Å². The number of hydrogen-bond acceptors (Lipinski definition) is 3. The molecule has 1 aliphatic heterocycles. The predicted octanol–water partition coefficient (Wildman–Crippen LogP) is 1.81. The van der Waals surface area contributed by atoms with Gasteiger partial charge in [0.05, 0.1) is 14.5 Å². The molecule has 1 heterocycles. The Kier molecular flexibility index (Phi) is 4.03. The smallest absolute Gasteiger partial charge is 0.520 e. The van der Waals surface area contributed by atoms with Crippen LogP contribution in [0.2, 0.25) is 6.32 Å². The van der Waals surface area contributed by atoms with Crippen molar-refractivity contribution >= 4 is 20.4 Å². The molecule has 0 N–H and O–H groups in total. The third-order valence-electron chi connectivity index (χ3n) is 2.58. The molecule has 0 atom stereocenters. The standard InChI is InChI=1S/C13H14B2O3/c1-10-11(2)18-15(17-10)12-4-6-13(7-5-12)16-9-3-8-14/h4-7H,1-3,8-9H2. The molecule has 18 heavy (non-hydrogen) atoms. The van der Waals surface area contributed by atoms with Gasteiger partial charge in [-0.3, -0.25) is 0 Å². The number of benzene rings is 1. The van der Waals surface area contributed by atoms with Crippen LogP contribution in [0.4, 0.5) is 0 Å². The lowest BCUT2D eigenvalue weighted by molar-refractivity contribution is 0.317. The van der Waals surface area contributed by atoms with Gasteiger partial charge in [-0.25, -0.2) is 0 Å². The van der Waals surface area contributed by atoms with Gasteiger partial charge in [-0.1, -0.05) is 31.6 Å². The van der Waals surface area contributed by atoms with Gasteiger partial charge in [0.1, 0.15) is 17.3 Å². The Hall–Kier alpha value is -1.77. The molecule has 1 aromatic rings. The van der Waals surface area contributed by atoms with Crippen LogP contribution in [-0.4, -0.2) is 21.6 Å². The molecule has 1 saturated heterocycles. The van der Waals surface area contributed by atoms with Gasteiger partial charge in [-0.05, 0) is 18.6 Å². The second-order valence-corrected chi connectivity index (χ2v) is 3.97. The van der Waals surface area contributed by atoms with E-state index < -0.39 is 7.12 Å². The Morgan fingerprint density at radius 2 is 1.72 bits per heavy atom. The summed E-state index contributed by atoms with van der Waals surface area (Å²) >= 11 is 0. The fourth-order valence-corrected chi connectivity index (χ4v) is 1.54. The quantitative estimate of drug-likeness (QED) is 0.580. The molecule has 5 heteroatoms. The van der Waals surface area contributed by atoms with Crippen LogP contribution in [0.5, 0.6) is 5.75 Å². The summed E-state index contributed by atoms with van der Waals surface area (Å²) < 4.78 is 16.4. The first-order valence-corrected chi connectivity index (χ1v) is 5.85. The van der Waals surface area contributed by atoms with Gasteiger partial charge in [0, 0.05) is 5.46 Å². The van der Waals surface area contributed by atoms with Gasteiger partial charge in [-0.15, -0.1) is 0 Å². The Labute approximate surface area is 109 Å². The molecular weight excluding hydrogens is 226 g/mol. The molecular formula is C13H14B2O3. The molecule has 0 bridgehead atoms. The van der Waals surface area contributed by atoms with Gasteiger partial charge in [0.2, 0.25) is 0 Å². The molecule has 0 spiro atoms. The highest BCUT2D eigenvalue weighted by Crippen LogP contribution is 2.20. The largest absolute Gasteiger partial charge is 0.632 e. The third-order valence-corrected chi connectivity index (χ3v) is 2.58. The van der Waals surface area contributed by atoms with E-state index in [2.05, 4.69) is 13.2 Å². The maximum Gasteiger partial charge on any atom is 0.632 e.